The van der Waals surface area contributed by atoms with Crippen molar-refractivity contribution in [1.82, 2.24) is 9.55 Å². The van der Waals surface area contributed by atoms with Crippen LogP contribution in [0.3, 0.4) is 0 Å². The molecule has 0 aromatic carbocycles. The second-order valence-corrected chi connectivity index (χ2v) is 5.38. The highest BCUT2D eigenvalue weighted by Crippen LogP contribution is 2.36. The van der Waals surface area contributed by atoms with E-state index in [-0.39, 0.29) is 6.07 Å². The van der Waals surface area contributed by atoms with Gasteiger partial charge in [0, 0.05) is 18.9 Å². The van der Waals surface area contributed by atoms with Gasteiger partial charge in [-0.3, -0.25) is 29.1 Å². The fourth-order valence-corrected chi connectivity index (χ4v) is 2.65. The zero-order valence-corrected chi connectivity index (χ0v) is 12.2. The van der Waals surface area contributed by atoms with Gasteiger partial charge >= 0.3 is 6.18 Å². The molecule has 7 nitrogen and oxygen atoms in total. The van der Waals surface area contributed by atoms with Crippen LogP contribution in [0.5, 0.6) is 0 Å². The van der Waals surface area contributed by atoms with Gasteiger partial charge in [0.25, 0.3) is 11.5 Å². The van der Waals surface area contributed by atoms with E-state index in [1.807, 2.05) is 0 Å². The van der Waals surface area contributed by atoms with Gasteiger partial charge in [-0.05, 0) is 13.8 Å². The largest absolute Gasteiger partial charge is 0.433 e. The van der Waals surface area contributed by atoms with E-state index in [0.717, 1.165) is 13.8 Å². The quantitative estimate of drug-likeness (QED) is 0.883. The average molecular weight is 331 g/mol. The summed E-state index contributed by atoms with van der Waals surface area (Å²) >= 11 is 0. The highest BCUT2D eigenvalue weighted by atomic mass is 19.4. The van der Waals surface area contributed by atoms with E-state index < -0.39 is 59.2 Å². The normalized spacial score (nSPS) is 16.0. The Morgan fingerprint density at radius 1 is 1.22 bits per heavy atom. The number of ketones is 2. The predicted octanol–water partition coefficient (Wildman–Crippen LogP) is 0.868. The van der Waals surface area contributed by atoms with Crippen LogP contribution in [0.15, 0.2) is 10.9 Å². The number of carbonyl (C=O) groups excluding carboxylic acids is 3. The Hall–Kier alpha value is -2.52. The number of rotatable bonds is 4. The van der Waals surface area contributed by atoms with Crippen LogP contribution in [0.2, 0.25) is 0 Å². The molecule has 0 bridgehead atoms. The predicted molar refractivity (Wildman–Crippen MR) is 70.7 cm³/mol. The average Bonchev–Trinajstić information content (AvgIpc) is 2.59. The molecule has 124 valence electrons. The lowest BCUT2D eigenvalue weighted by Crippen LogP contribution is -2.46. The number of amides is 1. The van der Waals surface area contributed by atoms with Gasteiger partial charge < -0.3 is 0 Å². The first-order chi connectivity index (χ1) is 10.5. The molecule has 0 aliphatic carbocycles. The third-order valence-electron chi connectivity index (χ3n) is 3.37. The summed E-state index contributed by atoms with van der Waals surface area (Å²) in [5.41, 5.74) is -4.51. The Morgan fingerprint density at radius 3 is 2.17 bits per heavy atom. The van der Waals surface area contributed by atoms with Crippen molar-refractivity contribution in [3.63, 3.8) is 0 Å². The second-order valence-electron chi connectivity index (χ2n) is 5.38. The van der Waals surface area contributed by atoms with Crippen molar-refractivity contribution in [3.8, 4) is 0 Å². The molecule has 1 aliphatic heterocycles. The third kappa shape index (κ3) is 2.88. The molecule has 1 aromatic heterocycles. The second kappa shape index (κ2) is 5.28. The van der Waals surface area contributed by atoms with Crippen LogP contribution in [0, 0.1) is 0 Å². The van der Waals surface area contributed by atoms with Crippen LogP contribution in [0.25, 0.3) is 0 Å². The van der Waals surface area contributed by atoms with Crippen molar-refractivity contribution < 1.29 is 27.6 Å². The maximum Gasteiger partial charge on any atom is 0.433 e. The van der Waals surface area contributed by atoms with Gasteiger partial charge in [0.15, 0.2) is 5.69 Å². The van der Waals surface area contributed by atoms with Crippen molar-refractivity contribution in [2.45, 2.75) is 38.4 Å². The van der Waals surface area contributed by atoms with Gasteiger partial charge in [0.05, 0.1) is 0 Å². The van der Waals surface area contributed by atoms with Crippen molar-refractivity contribution in [1.29, 1.82) is 0 Å². The van der Waals surface area contributed by atoms with E-state index >= 15 is 0 Å². The first-order valence-electron chi connectivity index (χ1n) is 6.49. The third-order valence-corrected chi connectivity index (χ3v) is 3.37. The van der Waals surface area contributed by atoms with E-state index in [4.69, 9.17) is 0 Å². The van der Waals surface area contributed by atoms with E-state index in [1.165, 1.54) is 0 Å². The molecule has 0 saturated heterocycles. The van der Waals surface area contributed by atoms with Gasteiger partial charge in [0.2, 0.25) is 5.95 Å². The zero-order chi connectivity index (χ0) is 17.6. The Morgan fingerprint density at radius 2 is 1.74 bits per heavy atom. The number of Topliss-reactive ketones (excluding diaryl/α,β-unsaturated/α-hetero) is 2. The lowest BCUT2D eigenvalue weighted by Gasteiger charge is -2.26. The molecule has 0 atom stereocenters. The van der Waals surface area contributed by atoms with Crippen molar-refractivity contribution in [2.24, 2.45) is 0 Å². The number of halogens is 3. The lowest BCUT2D eigenvalue weighted by molar-refractivity contribution is -0.141. The standard InChI is InChI=1S/C13H12F3N3O4/c1-6(20)4-12(5-7(2)21)10(23)18-11-17-8(13(14,15)16)3-9(22)19(11)12/h3H,4-5H2,1-2H3,(H,17,18,23). The van der Waals surface area contributed by atoms with Gasteiger partial charge in [-0.2, -0.15) is 13.2 Å². The minimum Gasteiger partial charge on any atom is -0.300 e. The molecule has 1 aromatic rings. The Bertz CT molecular complexity index is 751. The number of anilines is 1. The van der Waals surface area contributed by atoms with Crippen LogP contribution in [0.1, 0.15) is 32.4 Å². The number of nitrogens with one attached hydrogen (secondary N) is 1. The fraction of sp³-hybridized carbons (Fsp3) is 0.462. The number of fused-ring (bicyclic) bond motifs is 1. The fourth-order valence-electron chi connectivity index (χ4n) is 2.65. The van der Waals surface area contributed by atoms with Crippen molar-refractivity contribution >= 4 is 23.4 Å². The lowest BCUT2D eigenvalue weighted by atomic mass is 9.87. The maximum atomic E-state index is 12.7. The number of hydrogen-bond acceptors (Lipinski definition) is 5. The minimum atomic E-state index is -4.87. The molecule has 10 heteroatoms. The van der Waals surface area contributed by atoms with E-state index in [9.17, 15) is 32.3 Å². The smallest absolute Gasteiger partial charge is 0.300 e. The van der Waals surface area contributed by atoms with E-state index in [1.54, 1.807) is 0 Å². The summed E-state index contributed by atoms with van der Waals surface area (Å²) < 4.78 is 38.8. The molecule has 2 heterocycles. The topological polar surface area (TPSA) is 98.1 Å². The number of hydrogen-bond donors (Lipinski definition) is 1. The summed E-state index contributed by atoms with van der Waals surface area (Å²) in [6.07, 6.45) is -5.87. The first-order valence-corrected chi connectivity index (χ1v) is 6.49. The van der Waals surface area contributed by atoms with Crippen molar-refractivity contribution in [2.75, 3.05) is 5.32 Å². The molecule has 23 heavy (non-hydrogen) atoms. The Labute approximate surface area is 127 Å². The molecular formula is C13H12F3N3O4. The van der Waals surface area contributed by atoms with Gasteiger partial charge in [-0.25, -0.2) is 4.98 Å². The molecule has 0 spiro atoms. The maximum absolute atomic E-state index is 12.7. The monoisotopic (exact) mass is 331 g/mol. The molecule has 0 radical (unpaired) electrons. The van der Waals surface area contributed by atoms with Crippen LogP contribution in [-0.2, 0) is 26.1 Å². The highest BCUT2D eigenvalue weighted by molar-refractivity contribution is 6.04. The molecule has 1 aliphatic rings. The Kier molecular flexibility index (Phi) is 3.87. The molecule has 1 N–H and O–H groups in total. The SMILES string of the molecule is CC(=O)CC1(CC(C)=O)C(=O)Nc2nc(C(F)(F)F)cc(=O)n21. The summed E-state index contributed by atoms with van der Waals surface area (Å²) in [5.74, 6) is -2.54. The molecular weight excluding hydrogens is 319 g/mol. The van der Waals surface area contributed by atoms with E-state index in [2.05, 4.69) is 10.3 Å². The van der Waals surface area contributed by atoms with Gasteiger partial charge in [-0.15, -0.1) is 0 Å². The number of alkyl halides is 3. The number of aromatic nitrogens is 2. The van der Waals surface area contributed by atoms with Crippen molar-refractivity contribution in [3.05, 3.63) is 22.1 Å². The minimum absolute atomic E-state index is 0.235. The van der Waals surface area contributed by atoms with Crippen LogP contribution in [-0.4, -0.2) is 27.0 Å². The van der Waals surface area contributed by atoms with E-state index in [0.29, 0.717) is 4.57 Å². The van der Waals surface area contributed by atoms with Crippen LogP contribution >= 0.6 is 0 Å². The molecule has 2 rings (SSSR count). The first kappa shape index (κ1) is 16.8. The summed E-state index contributed by atoms with van der Waals surface area (Å²) in [7, 11) is 0. The highest BCUT2D eigenvalue weighted by Gasteiger charge is 2.50. The molecule has 0 saturated carbocycles. The summed E-state index contributed by atoms with van der Waals surface area (Å²) in [6, 6.07) is 0.235. The van der Waals surface area contributed by atoms with Gasteiger partial charge in [-0.1, -0.05) is 0 Å². The van der Waals surface area contributed by atoms with Gasteiger partial charge in [0.1, 0.15) is 17.1 Å². The van der Waals surface area contributed by atoms with Crippen LogP contribution < -0.4 is 10.9 Å². The summed E-state index contributed by atoms with van der Waals surface area (Å²) in [5, 5.41) is 2.06. The summed E-state index contributed by atoms with van der Waals surface area (Å²) in [4.78, 5) is 50.5. The molecule has 0 fully saturated rings. The Balaban J connectivity index is 2.72. The zero-order valence-electron chi connectivity index (χ0n) is 12.2. The summed E-state index contributed by atoms with van der Waals surface area (Å²) in [6.45, 7) is 2.30. The number of nitrogens with zero attached hydrogens (tertiary/aromatic N) is 2. The number of carbonyl (C=O) groups is 3. The molecule has 0 unspecified atom stereocenters. The molecule has 1 amide bonds. The van der Waals surface area contributed by atoms with Crippen LogP contribution in [0.4, 0.5) is 19.1 Å².